The van der Waals surface area contributed by atoms with Gasteiger partial charge in [-0.3, -0.25) is 20.4 Å². The van der Waals surface area contributed by atoms with E-state index in [9.17, 15) is 18.0 Å². The van der Waals surface area contributed by atoms with Crippen LogP contribution in [0.5, 0.6) is 5.75 Å². The van der Waals surface area contributed by atoms with Crippen LogP contribution in [-0.4, -0.2) is 33.1 Å². The molecule has 2 aromatic rings. The Morgan fingerprint density at radius 1 is 0.880 bits per heavy atom. The molecule has 2 N–H and O–H groups in total. The average molecular weight is 362 g/mol. The van der Waals surface area contributed by atoms with Crippen LogP contribution in [-0.2, 0) is 9.84 Å². The van der Waals surface area contributed by atoms with Gasteiger partial charge in [0.1, 0.15) is 5.75 Å². The first-order chi connectivity index (χ1) is 11.8. The molecule has 0 bridgehead atoms. The molecule has 2 amide bonds. The average Bonchev–Trinajstić information content (AvgIpc) is 2.59. The summed E-state index contributed by atoms with van der Waals surface area (Å²) in [5.74, 6) is -0.391. The summed E-state index contributed by atoms with van der Waals surface area (Å²) in [5.41, 5.74) is 5.15. The molecule has 0 saturated heterocycles. The Balaban J connectivity index is 1.96. The van der Waals surface area contributed by atoms with Crippen LogP contribution < -0.4 is 15.6 Å². The van der Waals surface area contributed by atoms with E-state index in [1.807, 2.05) is 6.92 Å². The number of carbonyl (C=O) groups excluding carboxylic acids is 2. The summed E-state index contributed by atoms with van der Waals surface area (Å²) >= 11 is 0. The SMILES string of the molecule is CCOc1ccc(C(=O)NNC(=O)c2ccc(S(C)(=O)=O)cc2)cc1. The van der Waals surface area contributed by atoms with Crippen LogP contribution >= 0.6 is 0 Å². The van der Waals surface area contributed by atoms with E-state index in [1.165, 1.54) is 24.3 Å². The van der Waals surface area contributed by atoms with E-state index >= 15 is 0 Å². The minimum atomic E-state index is -3.33. The number of hydrogen-bond acceptors (Lipinski definition) is 5. The van der Waals surface area contributed by atoms with Crippen molar-refractivity contribution in [2.24, 2.45) is 0 Å². The minimum absolute atomic E-state index is 0.113. The molecule has 0 spiro atoms. The molecule has 7 nitrogen and oxygen atoms in total. The van der Waals surface area contributed by atoms with Crippen LogP contribution in [0.4, 0.5) is 0 Å². The van der Waals surface area contributed by atoms with Gasteiger partial charge in [-0.2, -0.15) is 0 Å². The Bertz CT molecular complexity index is 859. The molecule has 2 rings (SSSR count). The third-order valence-corrected chi connectivity index (χ3v) is 4.39. The molecule has 0 fully saturated rings. The standard InChI is InChI=1S/C17H18N2O5S/c1-3-24-14-8-4-12(5-9-14)16(20)18-19-17(21)13-6-10-15(11-7-13)25(2,22)23/h4-11H,3H2,1-2H3,(H,18,20)(H,19,21). The third kappa shape index (κ3) is 5.05. The Morgan fingerprint density at radius 3 is 1.72 bits per heavy atom. The van der Waals surface area contributed by atoms with Gasteiger partial charge < -0.3 is 4.74 Å². The fraction of sp³-hybridized carbons (Fsp3) is 0.176. The van der Waals surface area contributed by atoms with Gasteiger partial charge >= 0.3 is 0 Å². The Kier molecular flexibility index (Phi) is 5.76. The van der Waals surface area contributed by atoms with Crippen molar-refractivity contribution in [1.29, 1.82) is 0 Å². The van der Waals surface area contributed by atoms with Crippen LogP contribution in [0.3, 0.4) is 0 Å². The van der Waals surface area contributed by atoms with E-state index in [0.29, 0.717) is 17.9 Å². The van der Waals surface area contributed by atoms with Crippen molar-refractivity contribution >= 4 is 21.7 Å². The molecule has 25 heavy (non-hydrogen) atoms. The quantitative estimate of drug-likeness (QED) is 0.786. The minimum Gasteiger partial charge on any atom is -0.494 e. The van der Waals surface area contributed by atoms with Gasteiger partial charge in [0.15, 0.2) is 9.84 Å². The smallest absolute Gasteiger partial charge is 0.269 e. The topological polar surface area (TPSA) is 102 Å². The van der Waals surface area contributed by atoms with Crippen molar-refractivity contribution in [2.45, 2.75) is 11.8 Å². The van der Waals surface area contributed by atoms with Crippen molar-refractivity contribution in [3.63, 3.8) is 0 Å². The molecule has 0 saturated carbocycles. The number of hydrazine groups is 1. The van der Waals surface area contributed by atoms with Crippen LogP contribution in [0.15, 0.2) is 53.4 Å². The number of carbonyl (C=O) groups is 2. The summed E-state index contributed by atoms with van der Waals surface area (Å²) in [5, 5.41) is 0. The van der Waals surface area contributed by atoms with Crippen molar-refractivity contribution in [2.75, 3.05) is 12.9 Å². The maximum absolute atomic E-state index is 12.0. The zero-order valence-corrected chi connectivity index (χ0v) is 14.6. The maximum atomic E-state index is 12.0. The summed E-state index contributed by atoms with van der Waals surface area (Å²) in [6, 6.07) is 11.9. The van der Waals surface area contributed by atoms with Gasteiger partial charge in [0.2, 0.25) is 0 Å². The third-order valence-electron chi connectivity index (χ3n) is 3.26. The molecule has 2 aromatic carbocycles. The fourth-order valence-corrected chi connectivity index (χ4v) is 2.61. The second kappa shape index (κ2) is 7.80. The Labute approximate surface area is 145 Å². The number of sulfone groups is 1. The number of nitrogens with one attached hydrogen (secondary N) is 2. The highest BCUT2D eigenvalue weighted by Crippen LogP contribution is 2.12. The lowest BCUT2D eigenvalue weighted by molar-refractivity contribution is 0.0846. The van der Waals surface area contributed by atoms with E-state index in [0.717, 1.165) is 6.26 Å². The predicted octanol–water partition coefficient (Wildman–Crippen LogP) is 1.56. The number of rotatable bonds is 5. The Hall–Kier alpha value is -2.87. The summed E-state index contributed by atoms with van der Waals surface area (Å²) in [4.78, 5) is 24.1. The largest absolute Gasteiger partial charge is 0.494 e. The summed E-state index contributed by atoms with van der Waals surface area (Å²) in [6.45, 7) is 2.39. The number of hydrogen-bond donors (Lipinski definition) is 2. The molecular weight excluding hydrogens is 344 g/mol. The molecular formula is C17H18N2O5S. The maximum Gasteiger partial charge on any atom is 0.269 e. The number of ether oxygens (including phenoxy) is 1. The highest BCUT2D eigenvalue weighted by molar-refractivity contribution is 7.90. The monoisotopic (exact) mass is 362 g/mol. The van der Waals surface area contributed by atoms with Gasteiger partial charge in [0.05, 0.1) is 11.5 Å². The van der Waals surface area contributed by atoms with E-state index in [1.54, 1.807) is 24.3 Å². The lowest BCUT2D eigenvalue weighted by atomic mass is 10.2. The Morgan fingerprint density at radius 2 is 1.32 bits per heavy atom. The van der Waals surface area contributed by atoms with Gasteiger partial charge in [0, 0.05) is 17.4 Å². The molecule has 0 atom stereocenters. The molecule has 0 aromatic heterocycles. The summed E-state index contributed by atoms with van der Waals surface area (Å²) < 4.78 is 28.1. The van der Waals surface area contributed by atoms with Crippen LogP contribution in [0.2, 0.25) is 0 Å². The van der Waals surface area contributed by atoms with Gasteiger partial charge in [-0.1, -0.05) is 0 Å². The van der Waals surface area contributed by atoms with Gasteiger partial charge in [-0.05, 0) is 55.5 Å². The molecule has 0 unspecified atom stereocenters. The molecule has 0 heterocycles. The van der Waals surface area contributed by atoms with E-state index in [2.05, 4.69) is 10.9 Å². The molecule has 0 aliphatic carbocycles. The highest BCUT2D eigenvalue weighted by Gasteiger charge is 2.11. The zero-order valence-electron chi connectivity index (χ0n) is 13.8. The van der Waals surface area contributed by atoms with Crippen LogP contribution in [0.1, 0.15) is 27.6 Å². The van der Waals surface area contributed by atoms with Gasteiger partial charge in [-0.25, -0.2) is 8.42 Å². The molecule has 0 aliphatic heterocycles. The summed E-state index contributed by atoms with van der Waals surface area (Å²) in [7, 11) is -3.33. The van der Waals surface area contributed by atoms with E-state index < -0.39 is 21.7 Å². The van der Waals surface area contributed by atoms with Crippen molar-refractivity contribution in [3.8, 4) is 5.75 Å². The second-order valence-corrected chi connectivity index (χ2v) is 7.18. The molecule has 132 valence electrons. The molecule has 0 radical (unpaired) electrons. The second-order valence-electron chi connectivity index (χ2n) is 5.16. The zero-order chi connectivity index (χ0) is 18.4. The van der Waals surface area contributed by atoms with Crippen molar-refractivity contribution < 1.29 is 22.7 Å². The first-order valence-electron chi connectivity index (χ1n) is 7.45. The highest BCUT2D eigenvalue weighted by atomic mass is 32.2. The van der Waals surface area contributed by atoms with Crippen LogP contribution in [0.25, 0.3) is 0 Å². The van der Waals surface area contributed by atoms with E-state index in [4.69, 9.17) is 4.74 Å². The predicted molar refractivity (Wildman–Crippen MR) is 92.1 cm³/mol. The molecule has 8 heteroatoms. The van der Waals surface area contributed by atoms with E-state index in [-0.39, 0.29) is 10.5 Å². The van der Waals surface area contributed by atoms with Crippen LogP contribution in [0, 0.1) is 0 Å². The lowest BCUT2D eigenvalue weighted by Crippen LogP contribution is -2.41. The van der Waals surface area contributed by atoms with Gasteiger partial charge in [0.25, 0.3) is 11.8 Å². The number of benzene rings is 2. The normalized spacial score (nSPS) is 10.8. The van der Waals surface area contributed by atoms with Crippen molar-refractivity contribution in [1.82, 2.24) is 10.9 Å². The first kappa shape index (κ1) is 18.5. The number of amides is 2. The van der Waals surface area contributed by atoms with Crippen molar-refractivity contribution in [3.05, 3.63) is 59.7 Å². The lowest BCUT2D eigenvalue weighted by Gasteiger charge is -2.08. The summed E-state index contributed by atoms with van der Waals surface area (Å²) in [6.07, 6.45) is 1.08. The molecule has 0 aliphatic rings. The first-order valence-corrected chi connectivity index (χ1v) is 9.34. The van der Waals surface area contributed by atoms with Gasteiger partial charge in [-0.15, -0.1) is 0 Å². The fourth-order valence-electron chi connectivity index (χ4n) is 1.98.